The maximum absolute atomic E-state index is 12.6. The van der Waals surface area contributed by atoms with E-state index in [-0.39, 0.29) is 16.9 Å². The number of hydrogen-bond donors (Lipinski definition) is 2. The summed E-state index contributed by atoms with van der Waals surface area (Å²) in [5, 5.41) is 6.65. The van der Waals surface area contributed by atoms with Crippen LogP contribution in [0.15, 0.2) is 23.2 Å². The van der Waals surface area contributed by atoms with Crippen LogP contribution >= 0.6 is 0 Å². The van der Waals surface area contributed by atoms with Gasteiger partial charge in [-0.15, -0.1) is 0 Å². The lowest BCUT2D eigenvalue weighted by Crippen LogP contribution is -2.46. The molecule has 2 rings (SSSR count). The first-order valence-corrected chi connectivity index (χ1v) is 9.65. The molecule has 28 heavy (non-hydrogen) atoms. The summed E-state index contributed by atoms with van der Waals surface area (Å²) in [4.78, 5) is 4.58. The first-order chi connectivity index (χ1) is 13.5. The van der Waals surface area contributed by atoms with Gasteiger partial charge < -0.3 is 24.8 Å². The highest BCUT2D eigenvalue weighted by atomic mass is 19.3. The van der Waals surface area contributed by atoms with E-state index in [1.807, 2.05) is 6.92 Å². The van der Waals surface area contributed by atoms with Crippen molar-refractivity contribution in [3.05, 3.63) is 23.8 Å². The molecule has 1 fully saturated rings. The van der Waals surface area contributed by atoms with Gasteiger partial charge in [0.05, 0.1) is 13.7 Å². The molecule has 0 bridgehead atoms. The third-order valence-electron chi connectivity index (χ3n) is 5.09. The second kappa shape index (κ2) is 11.0. The van der Waals surface area contributed by atoms with E-state index in [0.29, 0.717) is 12.5 Å². The van der Waals surface area contributed by atoms with Crippen LogP contribution in [-0.4, -0.2) is 46.5 Å². The highest BCUT2D eigenvalue weighted by Crippen LogP contribution is 2.43. The number of methoxy groups -OCH3 is 2. The molecule has 158 valence electrons. The third kappa shape index (κ3) is 6.51. The number of rotatable bonds is 11. The van der Waals surface area contributed by atoms with Crippen LogP contribution in [0.5, 0.6) is 11.5 Å². The van der Waals surface area contributed by atoms with Crippen molar-refractivity contribution < 1.29 is 23.0 Å². The van der Waals surface area contributed by atoms with E-state index in [1.54, 1.807) is 19.2 Å². The Morgan fingerprint density at radius 3 is 2.57 bits per heavy atom. The minimum Gasteiger partial charge on any atom is -0.493 e. The van der Waals surface area contributed by atoms with E-state index in [9.17, 15) is 8.78 Å². The van der Waals surface area contributed by atoms with Crippen LogP contribution in [0.1, 0.15) is 38.2 Å². The monoisotopic (exact) mass is 399 g/mol. The zero-order valence-corrected chi connectivity index (χ0v) is 16.9. The number of guanidine groups is 1. The Labute approximate surface area is 165 Å². The molecule has 1 aliphatic rings. The second-order valence-corrected chi connectivity index (χ2v) is 7.01. The van der Waals surface area contributed by atoms with Crippen molar-refractivity contribution >= 4 is 5.96 Å². The normalized spacial score (nSPS) is 15.9. The number of halogens is 2. The van der Waals surface area contributed by atoms with Gasteiger partial charge in [0, 0.05) is 26.8 Å². The van der Waals surface area contributed by atoms with Crippen molar-refractivity contribution in [3.63, 3.8) is 0 Å². The Balaban J connectivity index is 2.01. The van der Waals surface area contributed by atoms with Crippen LogP contribution in [0, 0.1) is 5.41 Å². The third-order valence-corrected chi connectivity index (χ3v) is 5.09. The lowest BCUT2D eigenvalue weighted by Gasteiger charge is -2.42. The summed E-state index contributed by atoms with van der Waals surface area (Å²) in [6, 6.07) is 4.93. The number of aliphatic imine (C=N–C) groups is 1. The molecule has 0 aliphatic heterocycles. The van der Waals surface area contributed by atoms with Gasteiger partial charge in [-0.25, -0.2) is 4.99 Å². The van der Waals surface area contributed by atoms with Gasteiger partial charge in [-0.3, -0.25) is 0 Å². The molecular formula is C20H31F2N3O3. The smallest absolute Gasteiger partial charge is 0.387 e. The lowest BCUT2D eigenvalue weighted by atomic mass is 9.67. The predicted molar refractivity (Wildman–Crippen MR) is 105 cm³/mol. The SMILES string of the molecule is CCNC(=NCc1ccc(OC)c(OC(F)F)c1)NCC1(CCOC)CCC1. The lowest BCUT2D eigenvalue weighted by molar-refractivity contribution is -0.0512. The van der Waals surface area contributed by atoms with Gasteiger partial charge in [0.25, 0.3) is 0 Å². The number of nitrogens with zero attached hydrogens (tertiary/aromatic N) is 1. The van der Waals surface area contributed by atoms with Crippen LogP contribution in [0.25, 0.3) is 0 Å². The molecule has 0 aromatic heterocycles. The molecule has 0 atom stereocenters. The zero-order chi connectivity index (χ0) is 20.4. The van der Waals surface area contributed by atoms with Crippen LogP contribution in [0.4, 0.5) is 8.78 Å². The van der Waals surface area contributed by atoms with Crippen LogP contribution in [0.2, 0.25) is 0 Å². The Morgan fingerprint density at radius 1 is 1.21 bits per heavy atom. The number of hydrogen-bond acceptors (Lipinski definition) is 4. The van der Waals surface area contributed by atoms with Gasteiger partial charge in [-0.2, -0.15) is 8.78 Å². The standard InChI is InChI=1S/C20H31F2N3O3/c1-4-23-19(25-14-20(8-5-9-20)10-11-26-2)24-13-15-6-7-16(27-3)17(12-15)28-18(21)22/h6-7,12,18H,4-5,8-11,13-14H2,1-3H3,(H2,23,24,25). The fourth-order valence-electron chi connectivity index (χ4n) is 3.30. The predicted octanol–water partition coefficient (Wildman–Crippen LogP) is 3.56. The van der Waals surface area contributed by atoms with Crippen molar-refractivity contribution in [1.29, 1.82) is 0 Å². The topological polar surface area (TPSA) is 64.1 Å². The van der Waals surface area contributed by atoms with E-state index in [4.69, 9.17) is 9.47 Å². The molecule has 0 spiro atoms. The molecule has 0 heterocycles. The largest absolute Gasteiger partial charge is 0.493 e. The number of ether oxygens (including phenoxy) is 3. The molecule has 1 aromatic carbocycles. The van der Waals surface area contributed by atoms with Crippen molar-refractivity contribution in [2.24, 2.45) is 10.4 Å². The summed E-state index contributed by atoms with van der Waals surface area (Å²) >= 11 is 0. The fraction of sp³-hybridized carbons (Fsp3) is 0.650. The second-order valence-electron chi connectivity index (χ2n) is 7.01. The highest BCUT2D eigenvalue weighted by Gasteiger charge is 2.36. The molecule has 0 amide bonds. The first kappa shape index (κ1) is 22.2. The Bertz CT molecular complexity index is 637. The van der Waals surface area contributed by atoms with Gasteiger partial charge >= 0.3 is 6.61 Å². The van der Waals surface area contributed by atoms with Crippen molar-refractivity contribution in [2.75, 3.05) is 33.9 Å². The summed E-state index contributed by atoms with van der Waals surface area (Å²) < 4.78 is 40.0. The van der Waals surface area contributed by atoms with Gasteiger partial charge in [0.1, 0.15) is 0 Å². The zero-order valence-electron chi connectivity index (χ0n) is 16.9. The van der Waals surface area contributed by atoms with E-state index >= 15 is 0 Å². The number of nitrogens with one attached hydrogen (secondary N) is 2. The molecule has 6 nitrogen and oxygen atoms in total. The summed E-state index contributed by atoms with van der Waals surface area (Å²) in [5.74, 6) is 0.984. The molecule has 2 N–H and O–H groups in total. The Morgan fingerprint density at radius 2 is 2.00 bits per heavy atom. The number of alkyl halides is 2. The molecule has 1 aliphatic carbocycles. The van der Waals surface area contributed by atoms with Crippen LogP contribution < -0.4 is 20.1 Å². The van der Waals surface area contributed by atoms with Crippen molar-refractivity contribution in [3.8, 4) is 11.5 Å². The Hall–Kier alpha value is -2.09. The maximum Gasteiger partial charge on any atom is 0.387 e. The molecule has 0 unspecified atom stereocenters. The van der Waals surface area contributed by atoms with Gasteiger partial charge in [-0.1, -0.05) is 12.5 Å². The van der Waals surface area contributed by atoms with Gasteiger partial charge in [0.15, 0.2) is 17.5 Å². The quantitative estimate of drug-likeness (QED) is 0.440. The Kier molecular flexibility index (Phi) is 8.76. The average molecular weight is 399 g/mol. The maximum atomic E-state index is 12.6. The molecule has 1 saturated carbocycles. The highest BCUT2D eigenvalue weighted by molar-refractivity contribution is 5.79. The summed E-state index contributed by atoms with van der Waals surface area (Å²) in [5.41, 5.74) is 1.02. The van der Waals surface area contributed by atoms with Gasteiger partial charge in [0.2, 0.25) is 0 Å². The molecule has 0 saturated heterocycles. The molecular weight excluding hydrogens is 368 g/mol. The van der Waals surface area contributed by atoms with Crippen LogP contribution in [-0.2, 0) is 11.3 Å². The summed E-state index contributed by atoms with van der Waals surface area (Å²) in [7, 11) is 3.14. The van der Waals surface area contributed by atoms with Crippen molar-refractivity contribution in [1.82, 2.24) is 10.6 Å². The average Bonchev–Trinajstić information content (AvgIpc) is 2.64. The van der Waals surface area contributed by atoms with E-state index in [0.717, 1.165) is 31.7 Å². The minimum atomic E-state index is -2.91. The molecule has 0 radical (unpaired) electrons. The summed E-state index contributed by atoms with van der Waals surface area (Å²) in [6.45, 7) is 1.77. The van der Waals surface area contributed by atoms with Crippen molar-refractivity contribution in [2.45, 2.75) is 45.8 Å². The van der Waals surface area contributed by atoms with Gasteiger partial charge in [-0.05, 0) is 49.3 Å². The number of benzene rings is 1. The van der Waals surface area contributed by atoms with E-state index in [2.05, 4.69) is 20.4 Å². The van der Waals surface area contributed by atoms with E-state index in [1.165, 1.54) is 32.4 Å². The first-order valence-electron chi connectivity index (χ1n) is 9.65. The summed E-state index contributed by atoms with van der Waals surface area (Å²) in [6.07, 6.45) is 4.66. The molecule has 1 aromatic rings. The minimum absolute atomic E-state index is 0.0103. The fourth-order valence-corrected chi connectivity index (χ4v) is 3.30. The van der Waals surface area contributed by atoms with E-state index < -0.39 is 6.61 Å². The molecule has 8 heteroatoms. The van der Waals surface area contributed by atoms with Crippen LogP contribution in [0.3, 0.4) is 0 Å².